The molecule has 1 atom stereocenters. The Hall–Kier alpha value is -1.88. The highest BCUT2D eigenvalue weighted by Crippen LogP contribution is 2.35. The van der Waals surface area contributed by atoms with Crippen LogP contribution in [-0.2, 0) is 10.3 Å². The molecule has 1 aromatic carbocycles. The van der Waals surface area contributed by atoms with Gasteiger partial charge in [-0.1, -0.05) is 23.7 Å². The van der Waals surface area contributed by atoms with Crippen LogP contribution < -0.4 is 0 Å². The maximum Gasteiger partial charge on any atom is 0.231 e. The van der Waals surface area contributed by atoms with Crippen molar-refractivity contribution in [1.82, 2.24) is 9.80 Å². The number of carbonyl (C=O) groups is 1. The average molecular weight is 321 g/mol. The Morgan fingerprint density at radius 2 is 2.14 bits per heavy atom. The SMILES string of the molecule is Cc1cc(C2(C)CC(=O)N(C)C(/N=C/N(C)C)=N2)ccc1Cl. The Kier molecular flexibility index (Phi) is 4.56. The van der Waals surface area contributed by atoms with Crippen molar-refractivity contribution < 1.29 is 4.79 Å². The van der Waals surface area contributed by atoms with Crippen molar-refractivity contribution in [3.05, 3.63) is 34.3 Å². The largest absolute Gasteiger partial charge is 0.369 e. The van der Waals surface area contributed by atoms with Gasteiger partial charge in [0.25, 0.3) is 0 Å². The summed E-state index contributed by atoms with van der Waals surface area (Å²) in [5.74, 6) is 0.413. The van der Waals surface area contributed by atoms with E-state index in [4.69, 9.17) is 16.6 Å². The molecule has 6 heteroatoms. The smallest absolute Gasteiger partial charge is 0.231 e. The number of aryl methyl sites for hydroxylation is 1. The van der Waals surface area contributed by atoms with E-state index in [1.807, 2.05) is 46.1 Å². The molecule has 1 aliphatic rings. The third-order valence-electron chi connectivity index (χ3n) is 3.70. The van der Waals surface area contributed by atoms with E-state index in [9.17, 15) is 4.79 Å². The molecular formula is C16H21ClN4O. The topological polar surface area (TPSA) is 48.3 Å². The van der Waals surface area contributed by atoms with Crippen LogP contribution in [0.25, 0.3) is 0 Å². The Morgan fingerprint density at radius 3 is 2.73 bits per heavy atom. The molecule has 1 amide bonds. The van der Waals surface area contributed by atoms with Crippen LogP contribution in [0.2, 0.25) is 5.02 Å². The monoisotopic (exact) mass is 320 g/mol. The summed E-state index contributed by atoms with van der Waals surface area (Å²) in [5.41, 5.74) is 1.31. The number of guanidine groups is 1. The van der Waals surface area contributed by atoms with Gasteiger partial charge in [-0.25, -0.2) is 9.98 Å². The van der Waals surface area contributed by atoms with Gasteiger partial charge in [0.1, 0.15) is 0 Å². The molecule has 2 rings (SSSR count). The van der Waals surface area contributed by atoms with E-state index in [0.717, 1.165) is 11.1 Å². The first-order chi connectivity index (χ1) is 10.2. The standard InChI is InChI=1S/C16H21ClN4O/c1-11-8-12(6-7-13(11)17)16(2)9-14(22)21(5)15(19-16)18-10-20(3)4/h6-8,10H,9H2,1-5H3/b18-10+. The van der Waals surface area contributed by atoms with Gasteiger partial charge in [0, 0.05) is 26.2 Å². The van der Waals surface area contributed by atoms with Crippen LogP contribution in [-0.4, -0.2) is 49.1 Å². The summed E-state index contributed by atoms with van der Waals surface area (Å²) in [6.07, 6.45) is 1.95. The van der Waals surface area contributed by atoms with Crippen LogP contribution in [0.4, 0.5) is 0 Å². The number of nitrogens with zero attached hydrogens (tertiary/aromatic N) is 4. The fourth-order valence-corrected chi connectivity index (χ4v) is 2.41. The number of amides is 1. The highest BCUT2D eigenvalue weighted by Gasteiger charge is 2.37. The van der Waals surface area contributed by atoms with E-state index in [0.29, 0.717) is 17.4 Å². The molecule has 1 aromatic rings. The lowest BCUT2D eigenvalue weighted by atomic mass is 9.87. The molecule has 22 heavy (non-hydrogen) atoms. The van der Waals surface area contributed by atoms with E-state index in [2.05, 4.69) is 4.99 Å². The predicted octanol–water partition coefficient (Wildman–Crippen LogP) is 2.67. The molecule has 5 nitrogen and oxygen atoms in total. The minimum atomic E-state index is -0.627. The number of hydrogen-bond acceptors (Lipinski definition) is 3. The molecule has 0 spiro atoms. The first-order valence-corrected chi connectivity index (χ1v) is 7.44. The summed E-state index contributed by atoms with van der Waals surface area (Å²) in [7, 11) is 5.44. The first-order valence-electron chi connectivity index (χ1n) is 7.06. The zero-order chi connectivity index (χ0) is 16.5. The molecular weight excluding hydrogens is 300 g/mol. The van der Waals surface area contributed by atoms with E-state index >= 15 is 0 Å². The Labute approximate surface area is 136 Å². The number of halogens is 1. The Bertz CT molecular complexity index is 654. The maximum atomic E-state index is 12.3. The number of carbonyl (C=O) groups excluding carboxylic acids is 1. The van der Waals surface area contributed by atoms with Crippen molar-refractivity contribution in [2.45, 2.75) is 25.8 Å². The average Bonchev–Trinajstić information content (AvgIpc) is 2.44. The van der Waals surface area contributed by atoms with Gasteiger partial charge in [-0.05, 0) is 31.0 Å². The summed E-state index contributed by atoms with van der Waals surface area (Å²) in [5, 5.41) is 0.710. The second-order valence-corrected chi connectivity index (χ2v) is 6.39. The van der Waals surface area contributed by atoms with Crippen LogP contribution in [0.3, 0.4) is 0 Å². The molecule has 1 heterocycles. The lowest BCUT2D eigenvalue weighted by Gasteiger charge is -2.33. The van der Waals surface area contributed by atoms with Gasteiger partial charge in [-0.15, -0.1) is 0 Å². The molecule has 118 valence electrons. The molecule has 0 fully saturated rings. The van der Waals surface area contributed by atoms with Crippen LogP contribution in [0, 0.1) is 6.92 Å². The second kappa shape index (κ2) is 6.08. The fraction of sp³-hybridized carbons (Fsp3) is 0.438. The van der Waals surface area contributed by atoms with E-state index < -0.39 is 5.54 Å². The Morgan fingerprint density at radius 1 is 1.45 bits per heavy atom. The summed E-state index contributed by atoms with van der Waals surface area (Å²) in [4.78, 5) is 24.6. The van der Waals surface area contributed by atoms with Crippen molar-refractivity contribution in [2.75, 3.05) is 21.1 Å². The van der Waals surface area contributed by atoms with Crippen LogP contribution in [0.1, 0.15) is 24.5 Å². The highest BCUT2D eigenvalue weighted by molar-refractivity contribution is 6.31. The van der Waals surface area contributed by atoms with E-state index in [1.165, 1.54) is 4.90 Å². The van der Waals surface area contributed by atoms with Gasteiger partial charge in [-0.3, -0.25) is 9.69 Å². The second-order valence-electron chi connectivity index (χ2n) is 5.99. The fourth-order valence-electron chi connectivity index (χ4n) is 2.29. The number of rotatable bonds is 2. The maximum absolute atomic E-state index is 12.3. The van der Waals surface area contributed by atoms with Crippen molar-refractivity contribution >= 4 is 29.8 Å². The molecule has 0 bridgehead atoms. The molecule has 0 saturated carbocycles. The first kappa shape index (κ1) is 16.5. The lowest BCUT2D eigenvalue weighted by Crippen LogP contribution is -2.43. The zero-order valence-electron chi connectivity index (χ0n) is 13.6. The molecule has 0 aromatic heterocycles. The molecule has 1 unspecified atom stereocenters. The van der Waals surface area contributed by atoms with Crippen molar-refractivity contribution in [3.8, 4) is 0 Å². The van der Waals surface area contributed by atoms with Gasteiger partial charge in [0.05, 0.1) is 18.3 Å². The summed E-state index contributed by atoms with van der Waals surface area (Å²) in [6.45, 7) is 3.90. The lowest BCUT2D eigenvalue weighted by molar-refractivity contribution is -0.128. The summed E-state index contributed by atoms with van der Waals surface area (Å²) < 4.78 is 0. The van der Waals surface area contributed by atoms with Crippen molar-refractivity contribution in [3.63, 3.8) is 0 Å². The zero-order valence-corrected chi connectivity index (χ0v) is 14.3. The van der Waals surface area contributed by atoms with Crippen molar-refractivity contribution in [1.29, 1.82) is 0 Å². The summed E-state index contributed by atoms with van der Waals surface area (Å²) in [6, 6.07) is 5.75. The van der Waals surface area contributed by atoms with Gasteiger partial charge < -0.3 is 4.90 Å². The Balaban J connectivity index is 2.47. The highest BCUT2D eigenvalue weighted by atomic mass is 35.5. The van der Waals surface area contributed by atoms with Gasteiger partial charge in [-0.2, -0.15) is 0 Å². The normalized spacial score (nSPS) is 22.2. The number of benzene rings is 1. The summed E-state index contributed by atoms with van der Waals surface area (Å²) >= 11 is 6.09. The van der Waals surface area contributed by atoms with Crippen LogP contribution in [0.15, 0.2) is 28.2 Å². The molecule has 0 saturated heterocycles. The number of aliphatic imine (C=N–C) groups is 2. The molecule has 0 aliphatic carbocycles. The van der Waals surface area contributed by atoms with Crippen LogP contribution >= 0.6 is 11.6 Å². The van der Waals surface area contributed by atoms with Crippen LogP contribution in [0.5, 0.6) is 0 Å². The third-order valence-corrected chi connectivity index (χ3v) is 4.12. The van der Waals surface area contributed by atoms with Gasteiger partial charge in [0.2, 0.25) is 11.9 Å². The quantitative estimate of drug-likeness (QED) is 0.621. The minimum Gasteiger partial charge on any atom is -0.369 e. The predicted molar refractivity (Wildman–Crippen MR) is 90.5 cm³/mol. The van der Waals surface area contributed by atoms with Gasteiger partial charge >= 0.3 is 0 Å². The van der Waals surface area contributed by atoms with E-state index in [-0.39, 0.29) is 5.91 Å². The number of hydrogen-bond donors (Lipinski definition) is 0. The molecule has 1 aliphatic heterocycles. The third kappa shape index (κ3) is 3.30. The van der Waals surface area contributed by atoms with Gasteiger partial charge in [0.15, 0.2) is 0 Å². The molecule has 0 N–H and O–H groups in total. The minimum absolute atomic E-state index is 0.00370. The molecule has 0 radical (unpaired) electrons. The van der Waals surface area contributed by atoms with Crippen molar-refractivity contribution in [2.24, 2.45) is 9.98 Å². The van der Waals surface area contributed by atoms with E-state index in [1.54, 1.807) is 18.3 Å².